The third-order valence-corrected chi connectivity index (χ3v) is 2.78. The summed E-state index contributed by atoms with van der Waals surface area (Å²) < 4.78 is 50.3. The first-order chi connectivity index (χ1) is 9.43. The van der Waals surface area contributed by atoms with Gasteiger partial charge in [0.1, 0.15) is 11.5 Å². The molecule has 2 aromatic heterocycles. The van der Waals surface area contributed by atoms with Crippen molar-refractivity contribution in [3.63, 3.8) is 0 Å². The first-order valence-electron chi connectivity index (χ1n) is 5.62. The van der Waals surface area contributed by atoms with Crippen LogP contribution in [0.2, 0.25) is 0 Å². The molecular formula is C13H7F4N3. The fraction of sp³-hybridized carbons (Fsp3) is 0.0769. The Balaban J connectivity index is 2.02. The Bertz CT molecular complexity index is 759. The molecule has 0 spiro atoms. The number of alkyl halides is 3. The van der Waals surface area contributed by atoms with Crippen molar-refractivity contribution in [3.05, 3.63) is 47.9 Å². The number of rotatable bonds is 1. The molecule has 20 heavy (non-hydrogen) atoms. The van der Waals surface area contributed by atoms with Crippen molar-refractivity contribution in [2.24, 2.45) is 0 Å². The molecule has 102 valence electrons. The van der Waals surface area contributed by atoms with E-state index in [9.17, 15) is 17.6 Å². The molecule has 0 aliphatic rings. The molecule has 1 N–H and O–H groups in total. The average molecular weight is 281 g/mol. The highest BCUT2D eigenvalue weighted by molar-refractivity contribution is 5.78. The molecular weight excluding hydrogens is 274 g/mol. The van der Waals surface area contributed by atoms with Crippen LogP contribution in [-0.4, -0.2) is 15.0 Å². The normalized spacial score (nSPS) is 12.0. The first-order valence-corrected chi connectivity index (χ1v) is 5.62. The summed E-state index contributed by atoms with van der Waals surface area (Å²) >= 11 is 0. The molecule has 0 saturated carbocycles. The van der Waals surface area contributed by atoms with Gasteiger partial charge in [-0.3, -0.25) is 4.98 Å². The van der Waals surface area contributed by atoms with Crippen molar-refractivity contribution < 1.29 is 17.6 Å². The maximum atomic E-state index is 13.0. The number of nitrogens with zero attached hydrogens (tertiary/aromatic N) is 2. The SMILES string of the molecule is Fc1ccc2nc(-c3ccc(C(F)(F)F)cn3)[nH]c2c1. The Morgan fingerprint density at radius 3 is 2.50 bits per heavy atom. The van der Waals surface area contributed by atoms with Gasteiger partial charge >= 0.3 is 6.18 Å². The lowest BCUT2D eigenvalue weighted by atomic mass is 10.2. The Hall–Kier alpha value is -2.44. The summed E-state index contributed by atoms with van der Waals surface area (Å²) in [5, 5.41) is 0. The van der Waals surface area contributed by atoms with Gasteiger partial charge in [0.15, 0.2) is 5.82 Å². The Labute approximate surface area is 110 Å². The molecule has 7 heteroatoms. The summed E-state index contributed by atoms with van der Waals surface area (Å²) in [4.78, 5) is 10.7. The van der Waals surface area contributed by atoms with Gasteiger partial charge in [0.25, 0.3) is 0 Å². The van der Waals surface area contributed by atoms with Gasteiger partial charge in [-0.25, -0.2) is 9.37 Å². The monoisotopic (exact) mass is 281 g/mol. The van der Waals surface area contributed by atoms with Gasteiger partial charge < -0.3 is 4.98 Å². The number of hydrogen-bond donors (Lipinski definition) is 1. The maximum Gasteiger partial charge on any atom is 0.417 e. The number of imidazole rings is 1. The number of nitrogens with one attached hydrogen (secondary N) is 1. The van der Waals surface area contributed by atoms with E-state index in [4.69, 9.17) is 0 Å². The van der Waals surface area contributed by atoms with Crippen molar-refractivity contribution >= 4 is 11.0 Å². The van der Waals surface area contributed by atoms with Gasteiger partial charge in [-0.2, -0.15) is 13.2 Å². The number of aromatic nitrogens is 3. The van der Waals surface area contributed by atoms with Gasteiger partial charge in [-0.05, 0) is 30.3 Å². The van der Waals surface area contributed by atoms with E-state index < -0.39 is 17.6 Å². The summed E-state index contributed by atoms with van der Waals surface area (Å²) in [6, 6.07) is 6.14. The van der Waals surface area contributed by atoms with Crippen LogP contribution in [0.4, 0.5) is 17.6 Å². The van der Waals surface area contributed by atoms with Crippen LogP contribution in [0.25, 0.3) is 22.6 Å². The second-order valence-corrected chi connectivity index (χ2v) is 4.18. The lowest BCUT2D eigenvalue weighted by Crippen LogP contribution is -2.05. The first kappa shape index (κ1) is 12.6. The number of benzene rings is 1. The van der Waals surface area contributed by atoms with Crippen LogP contribution in [0.15, 0.2) is 36.5 Å². The largest absolute Gasteiger partial charge is 0.417 e. The molecule has 0 aliphatic heterocycles. The maximum absolute atomic E-state index is 13.0. The van der Waals surface area contributed by atoms with Crippen LogP contribution in [0.5, 0.6) is 0 Å². The lowest BCUT2D eigenvalue weighted by Gasteiger charge is -2.05. The van der Waals surface area contributed by atoms with Crippen LogP contribution >= 0.6 is 0 Å². The molecule has 3 aromatic rings. The van der Waals surface area contributed by atoms with E-state index in [0.29, 0.717) is 16.9 Å². The van der Waals surface area contributed by atoms with Crippen LogP contribution in [0.1, 0.15) is 5.56 Å². The third-order valence-electron chi connectivity index (χ3n) is 2.78. The van der Waals surface area contributed by atoms with E-state index in [-0.39, 0.29) is 5.69 Å². The van der Waals surface area contributed by atoms with E-state index in [2.05, 4.69) is 15.0 Å². The fourth-order valence-corrected chi connectivity index (χ4v) is 1.80. The molecule has 0 atom stereocenters. The third kappa shape index (κ3) is 2.22. The highest BCUT2D eigenvalue weighted by Gasteiger charge is 2.30. The van der Waals surface area contributed by atoms with Crippen molar-refractivity contribution in [2.45, 2.75) is 6.18 Å². The van der Waals surface area contributed by atoms with E-state index in [1.807, 2.05) is 0 Å². The molecule has 0 bridgehead atoms. The Morgan fingerprint density at radius 1 is 1.05 bits per heavy atom. The van der Waals surface area contributed by atoms with Crippen molar-refractivity contribution in [2.75, 3.05) is 0 Å². The van der Waals surface area contributed by atoms with Gasteiger partial charge in [0.05, 0.1) is 16.6 Å². The average Bonchev–Trinajstić information content (AvgIpc) is 2.80. The van der Waals surface area contributed by atoms with E-state index in [1.165, 1.54) is 24.3 Å². The predicted octanol–water partition coefficient (Wildman–Crippen LogP) is 3.78. The summed E-state index contributed by atoms with van der Waals surface area (Å²) in [5.41, 5.74) is 0.405. The van der Waals surface area contributed by atoms with Gasteiger partial charge in [0, 0.05) is 6.20 Å². The zero-order chi connectivity index (χ0) is 14.3. The number of pyridine rings is 1. The summed E-state index contributed by atoms with van der Waals surface area (Å²) in [7, 11) is 0. The molecule has 0 radical (unpaired) electrons. The lowest BCUT2D eigenvalue weighted by molar-refractivity contribution is -0.137. The van der Waals surface area contributed by atoms with E-state index in [1.54, 1.807) is 0 Å². The predicted molar refractivity (Wildman–Crippen MR) is 64.3 cm³/mol. The minimum atomic E-state index is -4.43. The van der Waals surface area contributed by atoms with Crippen molar-refractivity contribution in [1.29, 1.82) is 0 Å². The van der Waals surface area contributed by atoms with Crippen molar-refractivity contribution in [1.82, 2.24) is 15.0 Å². The zero-order valence-corrected chi connectivity index (χ0v) is 9.87. The Kier molecular flexibility index (Phi) is 2.70. The highest BCUT2D eigenvalue weighted by Crippen LogP contribution is 2.29. The summed E-state index contributed by atoms with van der Waals surface area (Å²) in [6.45, 7) is 0. The van der Waals surface area contributed by atoms with Crippen LogP contribution < -0.4 is 0 Å². The second kappa shape index (κ2) is 4.29. The number of hydrogen-bond acceptors (Lipinski definition) is 2. The van der Waals surface area contributed by atoms with Crippen LogP contribution in [0.3, 0.4) is 0 Å². The number of H-pyrrole nitrogens is 1. The van der Waals surface area contributed by atoms with E-state index >= 15 is 0 Å². The van der Waals surface area contributed by atoms with Gasteiger partial charge in [-0.1, -0.05) is 0 Å². The number of halogens is 4. The minimum Gasteiger partial charge on any atom is -0.337 e. The fourth-order valence-electron chi connectivity index (χ4n) is 1.80. The zero-order valence-electron chi connectivity index (χ0n) is 9.87. The molecule has 0 aliphatic carbocycles. The molecule has 0 fully saturated rings. The number of aromatic amines is 1. The molecule has 0 amide bonds. The molecule has 0 saturated heterocycles. The molecule has 2 heterocycles. The van der Waals surface area contributed by atoms with Crippen molar-refractivity contribution in [3.8, 4) is 11.5 Å². The van der Waals surface area contributed by atoms with Crippen LogP contribution in [-0.2, 0) is 6.18 Å². The summed E-state index contributed by atoms with van der Waals surface area (Å²) in [5.74, 6) is -0.132. The molecule has 0 unspecified atom stereocenters. The van der Waals surface area contributed by atoms with Gasteiger partial charge in [-0.15, -0.1) is 0 Å². The van der Waals surface area contributed by atoms with Crippen LogP contribution in [0, 0.1) is 5.82 Å². The second-order valence-electron chi connectivity index (χ2n) is 4.18. The van der Waals surface area contributed by atoms with Gasteiger partial charge in [0.2, 0.25) is 0 Å². The summed E-state index contributed by atoms with van der Waals surface area (Å²) in [6.07, 6.45) is -3.69. The van der Waals surface area contributed by atoms with E-state index in [0.717, 1.165) is 12.3 Å². The standard InChI is InChI=1S/C13H7F4N3/c14-8-2-4-9-11(5-8)20-12(19-9)10-3-1-7(6-18-10)13(15,16)17/h1-6H,(H,19,20). The molecule has 3 nitrogen and oxygen atoms in total. The minimum absolute atomic E-state index is 0.259. The molecule has 3 rings (SSSR count). The smallest absolute Gasteiger partial charge is 0.337 e. The number of fused-ring (bicyclic) bond motifs is 1. The molecule has 1 aromatic carbocycles. The highest BCUT2D eigenvalue weighted by atomic mass is 19.4. The quantitative estimate of drug-likeness (QED) is 0.690. The topological polar surface area (TPSA) is 41.6 Å². The Morgan fingerprint density at radius 2 is 1.85 bits per heavy atom.